The number of hydrogen-bond donors (Lipinski definition) is 4. The first kappa shape index (κ1) is 25.2. The van der Waals surface area contributed by atoms with Crippen LogP contribution in [0.2, 0.25) is 0 Å². The molecule has 0 spiro atoms. The van der Waals surface area contributed by atoms with E-state index < -0.39 is 51.0 Å². The Bertz CT molecular complexity index is 464. The number of rotatable bonds is 4. The molecule has 114 valence electrons. The molecule has 0 aliphatic carbocycles. The SMILES string of the molecule is C#CC([O-])=N[C@H]1[C@@H](OP(=O)([O-])O)O[C@H](CO)[C@@H](O)[C@@H]1O.[Na+].[Na+]. The van der Waals surface area contributed by atoms with Gasteiger partial charge >= 0.3 is 59.1 Å². The Kier molecular flexibility index (Phi) is 12.3. The summed E-state index contributed by atoms with van der Waals surface area (Å²) in [6, 6.07) is -1.69. The molecule has 6 atom stereocenters. The summed E-state index contributed by atoms with van der Waals surface area (Å²) in [7, 11) is -5.28. The monoisotopic (exact) mass is 355 g/mol. The van der Waals surface area contributed by atoms with Gasteiger partial charge in [-0.1, -0.05) is 5.92 Å². The van der Waals surface area contributed by atoms with Gasteiger partial charge in [0.1, 0.15) is 24.4 Å². The molecule has 1 fully saturated rings. The van der Waals surface area contributed by atoms with E-state index in [1.165, 1.54) is 0 Å². The molecule has 0 aromatic carbocycles. The van der Waals surface area contributed by atoms with E-state index in [0.29, 0.717) is 0 Å². The topological polar surface area (TPSA) is 175 Å². The number of nitrogens with zero attached hydrogens (tertiary/aromatic N) is 1. The zero-order valence-electron chi connectivity index (χ0n) is 11.9. The molecule has 0 radical (unpaired) electrons. The fourth-order valence-electron chi connectivity index (χ4n) is 1.60. The number of hydrogen-bond acceptors (Lipinski definition) is 9. The van der Waals surface area contributed by atoms with Crippen molar-refractivity contribution in [2.24, 2.45) is 4.99 Å². The maximum atomic E-state index is 11.0. The molecule has 4 N–H and O–H groups in total. The quantitative estimate of drug-likeness (QED) is 0.125. The Balaban J connectivity index is 0. The van der Waals surface area contributed by atoms with E-state index in [-0.39, 0.29) is 59.1 Å². The fourth-order valence-corrected chi connectivity index (χ4v) is 2.03. The van der Waals surface area contributed by atoms with Crippen LogP contribution >= 0.6 is 7.82 Å². The second-order valence-corrected chi connectivity index (χ2v) is 5.00. The number of aliphatic imine (C=N–C) groups is 1. The Morgan fingerprint density at radius 2 is 1.95 bits per heavy atom. The van der Waals surface area contributed by atoms with Crippen LogP contribution in [0.4, 0.5) is 0 Å². The predicted molar refractivity (Wildman–Crippen MR) is 58.7 cm³/mol. The third-order valence-electron chi connectivity index (χ3n) is 2.48. The van der Waals surface area contributed by atoms with E-state index in [2.05, 4.69) is 9.52 Å². The molecule has 22 heavy (non-hydrogen) atoms. The van der Waals surface area contributed by atoms with Crippen LogP contribution in [0.3, 0.4) is 0 Å². The molecular weight excluding hydrogens is 343 g/mol. The van der Waals surface area contributed by atoms with Crippen LogP contribution in [0.15, 0.2) is 4.99 Å². The molecule has 13 heteroatoms. The van der Waals surface area contributed by atoms with Crippen molar-refractivity contribution in [3.05, 3.63) is 0 Å². The van der Waals surface area contributed by atoms with E-state index in [9.17, 15) is 24.8 Å². The molecule has 0 aromatic rings. The zero-order valence-corrected chi connectivity index (χ0v) is 16.8. The summed E-state index contributed by atoms with van der Waals surface area (Å²) in [6.45, 7) is -0.775. The van der Waals surface area contributed by atoms with Crippen molar-refractivity contribution in [2.45, 2.75) is 30.6 Å². The molecule has 1 rings (SSSR count). The number of aliphatic hydroxyl groups excluding tert-OH is 3. The van der Waals surface area contributed by atoms with Crippen LogP contribution in [-0.4, -0.2) is 63.4 Å². The molecule has 1 aliphatic rings. The van der Waals surface area contributed by atoms with Gasteiger partial charge in [-0.2, -0.15) is 0 Å². The minimum absolute atomic E-state index is 0. The van der Waals surface area contributed by atoms with E-state index >= 15 is 0 Å². The molecule has 10 nitrogen and oxygen atoms in total. The van der Waals surface area contributed by atoms with Crippen molar-refractivity contribution in [3.63, 3.8) is 0 Å². The Morgan fingerprint density at radius 3 is 2.36 bits per heavy atom. The van der Waals surface area contributed by atoms with Gasteiger partial charge in [0.05, 0.1) is 6.61 Å². The zero-order chi connectivity index (χ0) is 15.5. The molecule has 1 aliphatic heterocycles. The molecular formula is C9H12NNa2O9P. The molecule has 0 bridgehead atoms. The van der Waals surface area contributed by atoms with Crippen LogP contribution in [0.5, 0.6) is 0 Å². The largest absolute Gasteiger partial charge is 1.00 e. The third-order valence-corrected chi connectivity index (χ3v) is 2.95. The number of aliphatic hydroxyl groups is 3. The van der Waals surface area contributed by atoms with Crippen LogP contribution in [0.1, 0.15) is 0 Å². The number of phosphoric acid groups is 1. The van der Waals surface area contributed by atoms with Crippen LogP contribution in [0, 0.1) is 12.3 Å². The minimum Gasteiger partial charge on any atom is -0.853 e. The van der Waals surface area contributed by atoms with Crippen molar-refractivity contribution < 1.29 is 103 Å². The maximum absolute atomic E-state index is 11.0. The summed E-state index contributed by atoms with van der Waals surface area (Å²) >= 11 is 0. The summed E-state index contributed by atoms with van der Waals surface area (Å²) in [5.74, 6) is 0.435. The van der Waals surface area contributed by atoms with Gasteiger partial charge in [-0.05, 0) is 0 Å². The van der Waals surface area contributed by atoms with Crippen LogP contribution in [0.25, 0.3) is 0 Å². The van der Waals surface area contributed by atoms with Gasteiger partial charge < -0.3 is 34.9 Å². The van der Waals surface area contributed by atoms with Crippen molar-refractivity contribution in [1.29, 1.82) is 0 Å². The predicted octanol–water partition coefficient (Wildman–Crippen LogP) is -10.3. The van der Waals surface area contributed by atoms with Crippen LogP contribution in [-0.2, 0) is 13.8 Å². The van der Waals surface area contributed by atoms with Gasteiger partial charge in [0.25, 0.3) is 7.82 Å². The molecule has 0 saturated carbocycles. The fraction of sp³-hybridized carbons (Fsp3) is 0.667. The molecule has 1 unspecified atom stereocenters. The molecule has 0 aromatic heterocycles. The molecule has 0 amide bonds. The van der Waals surface area contributed by atoms with E-state index in [4.69, 9.17) is 21.2 Å². The van der Waals surface area contributed by atoms with Gasteiger partial charge in [-0.15, -0.1) is 6.42 Å². The van der Waals surface area contributed by atoms with E-state index in [1.807, 2.05) is 0 Å². The van der Waals surface area contributed by atoms with Crippen molar-refractivity contribution >= 4 is 13.7 Å². The smallest absolute Gasteiger partial charge is 0.853 e. The van der Waals surface area contributed by atoms with Gasteiger partial charge in [-0.3, -0.25) is 14.1 Å². The first-order valence-corrected chi connectivity index (χ1v) is 6.75. The van der Waals surface area contributed by atoms with Crippen molar-refractivity contribution in [3.8, 4) is 12.3 Å². The number of ether oxygens (including phenoxy) is 1. The number of terminal acetylenes is 1. The van der Waals surface area contributed by atoms with E-state index in [1.54, 1.807) is 5.92 Å². The van der Waals surface area contributed by atoms with Gasteiger partial charge in [0.2, 0.25) is 0 Å². The Labute approximate surface area is 170 Å². The van der Waals surface area contributed by atoms with Gasteiger partial charge in [0, 0.05) is 5.90 Å². The summed E-state index contributed by atoms with van der Waals surface area (Å²) in [4.78, 5) is 22.5. The Hall–Kier alpha value is 0.980. The first-order valence-electron chi connectivity index (χ1n) is 5.25. The summed E-state index contributed by atoms with van der Waals surface area (Å²) < 4.78 is 19.6. The van der Waals surface area contributed by atoms with Crippen molar-refractivity contribution in [2.75, 3.05) is 6.61 Å². The third kappa shape index (κ3) is 7.25. The summed E-state index contributed by atoms with van der Waals surface area (Å²) in [5.41, 5.74) is 0. The second-order valence-electron chi connectivity index (χ2n) is 3.85. The average molecular weight is 355 g/mol. The first-order chi connectivity index (χ1) is 9.19. The second kappa shape index (κ2) is 10.8. The standard InChI is InChI=1S/C9H14NO9P.2Na/c1-2-5(12)10-6-8(14)7(13)4(3-11)18-9(6)19-20(15,16)17;;/h1,4,6-9,11,13-14H,3H2,(H,10,12)(H2,15,16,17);;/q;2*+1/p-2/t4-,6-,7-,8-,9-;;/m1../s1. The normalized spacial score (nSPS) is 34.5. The van der Waals surface area contributed by atoms with Crippen molar-refractivity contribution in [1.82, 2.24) is 0 Å². The number of phosphoric ester groups is 1. The van der Waals surface area contributed by atoms with Crippen LogP contribution < -0.4 is 69.1 Å². The molecule has 1 heterocycles. The Morgan fingerprint density at radius 1 is 1.41 bits per heavy atom. The molecule has 1 saturated heterocycles. The van der Waals surface area contributed by atoms with Gasteiger partial charge in [0.15, 0.2) is 6.29 Å². The summed E-state index contributed by atoms with van der Waals surface area (Å²) in [5, 5.41) is 39.3. The maximum Gasteiger partial charge on any atom is 1.00 e. The average Bonchev–Trinajstić information content (AvgIpc) is 2.36. The van der Waals surface area contributed by atoms with E-state index in [0.717, 1.165) is 0 Å². The summed E-state index contributed by atoms with van der Waals surface area (Å²) in [6.07, 6.45) is -2.00. The minimum atomic E-state index is -5.28. The van der Waals surface area contributed by atoms with Gasteiger partial charge in [-0.25, -0.2) is 0 Å².